The molecule has 1 aromatic carbocycles. The van der Waals surface area contributed by atoms with Gasteiger partial charge in [-0.25, -0.2) is 0 Å². The minimum Gasteiger partial charge on any atom is -0.469 e. The van der Waals surface area contributed by atoms with Crippen molar-refractivity contribution in [1.82, 2.24) is 0 Å². The van der Waals surface area contributed by atoms with Crippen LogP contribution in [-0.4, -0.2) is 0 Å². The first-order valence-corrected chi connectivity index (χ1v) is 9.43. The first kappa shape index (κ1) is 15.7. The number of hydrogen-bond donors (Lipinski definition) is 0. The number of furan rings is 1. The largest absolute Gasteiger partial charge is 0.469 e. The zero-order chi connectivity index (χ0) is 16.6. The fourth-order valence-electron chi connectivity index (χ4n) is 4.43. The molecule has 2 fully saturated rings. The van der Waals surface area contributed by atoms with E-state index in [1.165, 1.54) is 36.8 Å². The van der Waals surface area contributed by atoms with E-state index in [0.29, 0.717) is 5.41 Å². The molecule has 2 aromatic rings. The van der Waals surface area contributed by atoms with Crippen LogP contribution in [0.5, 0.6) is 0 Å². The molecule has 1 heteroatoms. The van der Waals surface area contributed by atoms with E-state index in [2.05, 4.69) is 56.3 Å². The summed E-state index contributed by atoms with van der Waals surface area (Å²) in [4.78, 5) is 0. The Labute approximate surface area is 145 Å². The number of benzene rings is 1. The number of rotatable bonds is 5. The Hall–Kier alpha value is -1.76. The van der Waals surface area contributed by atoms with Crippen molar-refractivity contribution in [1.29, 1.82) is 0 Å². The third-order valence-electron chi connectivity index (χ3n) is 6.19. The molecule has 0 N–H and O–H groups in total. The Kier molecular flexibility index (Phi) is 4.12. The molecular weight excluding hydrogens is 292 g/mol. The molecule has 4 rings (SSSR count). The summed E-state index contributed by atoms with van der Waals surface area (Å²) in [5, 5.41) is 0. The van der Waals surface area contributed by atoms with Gasteiger partial charge in [0.25, 0.3) is 0 Å². The van der Waals surface area contributed by atoms with E-state index in [4.69, 9.17) is 4.42 Å². The number of hydrogen-bond acceptors (Lipinski definition) is 1. The lowest BCUT2D eigenvalue weighted by molar-refractivity contribution is 0.514. The van der Waals surface area contributed by atoms with Crippen LogP contribution in [0.25, 0.3) is 0 Å². The molecule has 2 aliphatic rings. The Bertz CT molecular complexity index is 712. The van der Waals surface area contributed by atoms with Crippen molar-refractivity contribution >= 4 is 0 Å². The van der Waals surface area contributed by atoms with Crippen LogP contribution in [0.2, 0.25) is 0 Å². The van der Waals surface area contributed by atoms with Gasteiger partial charge in [0.2, 0.25) is 0 Å². The topological polar surface area (TPSA) is 13.1 Å². The molecule has 0 bridgehead atoms. The Morgan fingerprint density at radius 3 is 2.58 bits per heavy atom. The zero-order valence-electron chi connectivity index (χ0n) is 14.9. The first-order valence-electron chi connectivity index (χ1n) is 9.43. The van der Waals surface area contributed by atoms with Crippen LogP contribution in [-0.2, 0) is 12.8 Å². The van der Waals surface area contributed by atoms with E-state index in [-0.39, 0.29) is 0 Å². The van der Waals surface area contributed by atoms with Crippen molar-refractivity contribution in [2.24, 2.45) is 17.3 Å². The van der Waals surface area contributed by atoms with Crippen molar-refractivity contribution in [3.8, 4) is 0 Å². The molecule has 0 spiro atoms. The lowest BCUT2D eigenvalue weighted by Gasteiger charge is -2.00. The predicted octanol–water partition coefficient (Wildman–Crippen LogP) is 6.19. The van der Waals surface area contributed by atoms with E-state index < -0.39 is 0 Å². The maximum absolute atomic E-state index is 5.82. The highest BCUT2D eigenvalue weighted by molar-refractivity contribution is 5.26. The molecule has 0 radical (unpaired) electrons. The maximum Gasteiger partial charge on any atom is 0.108 e. The van der Waals surface area contributed by atoms with Crippen LogP contribution in [0.3, 0.4) is 0 Å². The van der Waals surface area contributed by atoms with Crippen molar-refractivity contribution in [3.05, 3.63) is 71.2 Å². The SMILES string of the molecule is CC1(C)[C@H](C=C2CCCC2)[C@H]1Cc1coc(Cc2ccccc2)c1. The van der Waals surface area contributed by atoms with Crippen molar-refractivity contribution in [2.45, 2.75) is 52.4 Å². The molecular formula is C23H28O. The summed E-state index contributed by atoms with van der Waals surface area (Å²) in [6.07, 6.45) is 12.1. The van der Waals surface area contributed by atoms with E-state index >= 15 is 0 Å². The third-order valence-corrected chi connectivity index (χ3v) is 6.19. The fraction of sp³-hybridized carbons (Fsp3) is 0.478. The molecule has 1 nitrogen and oxygen atoms in total. The van der Waals surface area contributed by atoms with Gasteiger partial charge in [0.05, 0.1) is 6.26 Å². The lowest BCUT2D eigenvalue weighted by atomic mass is 10.0. The summed E-state index contributed by atoms with van der Waals surface area (Å²) >= 11 is 0. The summed E-state index contributed by atoms with van der Waals surface area (Å²) in [6, 6.07) is 12.8. The fourth-order valence-corrected chi connectivity index (χ4v) is 4.43. The molecule has 2 saturated carbocycles. The van der Waals surface area contributed by atoms with Gasteiger partial charge in [0, 0.05) is 6.42 Å². The summed E-state index contributed by atoms with van der Waals surface area (Å²) < 4.78 is 5.82. The monoisotopic (exact) mass is 320 g/mol. The predicted molar refractivity (Wildman–Crippen MR) is 99.0 cm³/mol. The van der Waals surface area contributed by atoms with Crippen LogP contribution in [0.1, 0.15) is 56.4 Å². The summed E-state index contributed by atoms with van der Waals surface area (Å²) in [5.41, 5.74) is 4.85. The van der Waals surface area contributed by atoms with Gasteiger partial charge in [-0.3, -0.25) is 0 Å². The van der Waals surface area contributed by atoms with E-state index in [1.807, 2.05) is 6.26 Å². The number of allylic oxidation sites excluding steroid dienone is 2. The van der Waals surface area contributed by atoms with Crippen molar-refractivity contribution in [2.75, 3.05) is 0 Å². The highest BCUT2D eigenvalue weighted by atomic mass is 16.3. The maximum atomic E-state index is 5.82. The van der Waals surface area contributed by atoms with Crippen molar-refractivity contribution < 1.29 is 4.42 Å². The molecule has 1 heterocycles. The van der Waals surface area contributed by atoms with Crippen LogP contribution < -0.4 is 0 Å². The van der Waals surface area contributed by atoms with Crippen LogP contribution in [0, 0.1) is 17.3 Å². The quantitative estimate of drug-likeness (QED) is 0.599. The van der Waals surface area contributed by atoms with Crippen molar-refractivity contribution in [3.63, 3.8) is 0 Å². The van der Waals surface area contributed by atoms with Gasteiger partial charge in [-0.15, -0.1) is 0 Å². The van der Waals surface area contributed by atoms with Gasteiger partial charge in [-0.05, 0) is 66.5 Å². The normalized spacial score (nSPS) is 25.0. The summed E-state index contributed by atoms with van der Waals surface area (Å²) in [7, 11) is 0. The molecule has 2 atom stereocenters. The average Bonchev–Trinajstić information content (AvgIpc) is 3.05. The van der Waals surface area contributed by atoms with E-state index in [9.17, 15) is 0 Å². The van der Waals surface area contributed by atoms with Gasteiger partial charge in [0.15, 0.2) is 0 Å². The molecule has 24 heavy (non-hydrogen) atoms. The second-order valence-corrected chi connectivity index (χ2v) is 8.27. The molecule has 126 valence electrons. The van der Waals surface area contributed by atoms with Gasteiger partial charge in [0.1, 0.15) is 5.76 Å². The van der Waals surface area contributed by atoms with Crippen LogP contribution >= 0.6 is 0 Å². The van der Waals surface area contributed by atoms with Gasteiger partial charge in [-0.2, -0.15) is 0 Å². The Balaban J connectivity index is 1.40. The van der Waals surface area contributed by atoms with E-state index in [1.54, 1.807) is 5.57 Å². The Morgan fingerprint density at radius 1 is 1.08 bits per heavy atom. The zero-order valence-corrected chi connectivity index (χ0v) is 14.9. The highest BCUT2D eigenvalue weighted by Gasteiger charge is 2.55. The van der Waals surface area contributed by atoms with Crippen LogP contribution in [0.15, 0.2) is 58.7 Å². The van der Waals surface area contributed by atoms with Gasteiger partial charge >= 0.3 is 0 Å². The Morgan fingerprint density at radius 2 is 1.83 bits per heavy atom. The average molecular weight is 320 g/mol. The molecule has 0 aliphatic heterocycles. The van der Waals surface area contributed by atoms with Crippen LogP contribution in [0.4, 0.5) is 0 Å². The summed E-state index contributed by atoms with van der Waals surface area (Å²) in [6.45, 7) is 4.86. The minimum absolute atomic E-state index is 0.451. The van der Waals surface area contributed by atoms with Gasteiger partial charge < -0.3 is 4.42 Å². The lowest BCUT2D eigenvalue weighted by Crippen LogP contribution is -1.93. The molecule has 0 saturated heterocycles. The van der Waals surface area contributed by atoms with Gasteiger partial charge in [-0.1, -0.05) is 55.8 Å². The molecule has 2 aliphatic carbocycles. The molecule has 0 amide bonds. The third kappa shape index (κ3) is 3.22. The second-order valence-electron chi connectivity index (χ2n) is 8.27. The summed E-state index contributed by atoms with van der Waals surface area (Å²) in [5.74, 6) is 2.62. The minimum atomic E-state index is 0.451. The smallest absolute Gasteiger partial charge is 0.108 e. The highest BCUT2D eigenvalue weighted by Crippen LogP contribution is 2.61. The second kappa shape index (κ2) is 6.27. The first-order chi connectivity index (χ1) is 11.6. The van der Waals surface area contributed by atoms with E-state index in [0.717, 1.165) is 30.4 Å². The molecule has 0 unspecified atom stereocenters. The molecule has 1 aromatic heterocycles. The standard InChI is InChI=1S/C23H28O/c1-23(2)21(14-18-10-6-7-11-18)22(23)15-19-13-20(24-16-19)12-17-8-4-3-5-9-17/h3-5,8-9,13-14,16,21-22H,6-7,10-12,15H2,1-2H3/t21-,22-/m1/s1.